The summed E-state index contributed by atoms with van der Waals surface area (Å²) >= 11 is 11.7. The summed E-state index contributed by atoms with van der Waals surface area (Å²) in [6.07, 6.45) is 0.798. The molecule has 5 nitrogen and oxygen atoms in total. The highest BCUT2D eigenvalue weighted by atomic mass is 35.5. The lowest BCUT2D eigenvalue weighted by atomic mass is 10.0. The van der Waals surface area contributed by atoms with E-state index in [9.17, 15) is 9.59 Å². The Balaban J connectivity index is 1.46. The van der Waals surface area contributed by atoms with Gasteiger partial charge >= 0.3 is 0 Å². The molecule has 0 bridgehead atoms. The van der Waals surface area contributed by atoms with Gasteiger partial charge in [0.2, 0.25) is 0 Å². The molecule has 1 unspecified atom stereocenters. The fraction of sp³-hybridized carbons (Fsp3) is 0.333. The van der Waals surface area contributed by atoms with Crippen molar-refractivity contribution in [2.75, 3.05) is 13.1 Å². The number of carbonyl (C=O) groups excluding carboxylic acids is 2. The Bertz CT molecular complexity index is 817. The summed E-state index contributed by atoms with van der Waals surface area (Å²) in [7, 11) is 0. The van der Waals surface area contributed by atoms with Crippen LogP contribution >= 0.6 is 23.2 Å². The Morgan fingerprint density at radius 2 is 1.54 bits per heavy atom. The van der Waals surface area contributed by atoms with E-state index < -0.39 is 6.10 Å². The topological polar surface area (TPSA) is 58.6 Å². The molecular weight excluding hydrogens is 399 g/mol. The van der Waals surface area contributed by atoms with E-state index in [1.807, 2.05) is 0 Å². The van der Waals surface area contributed by atoms with Gasteiger partial charge in [0.05, 0.1) is 0 Å². The number of benzene rings is 2. The Morgan fingerprint density at radius 1 is 1.00 bits per heavy atom. The normalized spacial score (nSPS) is 15.8. The molecular formula is C21H22Cl2N2O3. The molecule has 0 aromatic heterocycles. The van der Waals surface area contributed by atoms with Gasteiger partial charge in [0, 0.05) is 34.7 Å². The number of nitrogens with one attached hydrogen (secondary N) is 1. The van der Waals surface area contributed by atoms with Gasteiger partial charge in [-0.1, -0.05) is 23.2 Å². The Labute approximate surface area is 174 Å². The predicted molar refractivity (Wildman–Crippen MR) is 110 cm³/mol. The lowest BCUT2D eigenvalue weighted by Crippen LogP contribution is -2.49. The molecule has 1 aliphatic heterocycles. The summed E-state index contributed by atoms with van der Waals surface area (Å²) in [5.74, 6) is 0.411. The average Bonchev–Trinajstić information content (AvgIpc) is 2.70. The van der Waals surface area contributed by atoms with E-state index in [0.29, 0.717) is 47.3 Å². The lowest BCUT2D eigenvalue weighted by Gasteiger charge is -2.33. The molecule has 0 spiro atoms. The van der Waals surface area contributed by atoms with Crippen molar-refractivity contribution in [2.45, 2.75) is 31.9 Å². The Morgan fingerprint density at radius 3 is 2.11 bits per heavy atom. The van der Waals surface area contributed by atoms with Gasteiger partial charge < -0.3 is 15.0 Å². The maximum Gasteiger partial charge on any atom is 0.260 e. The van der Waals surface area contributed by atoms with Gasteiger partial charge in [-0.3, -0.25) is 9.59 Å². The van der Waals surface area contributed by atoms with Gasteiger partial charge in [0.15, 0.2) is 6.10 Å². The zero-order valence-electron chi connectivity index (χ0n) is 15.5. The van der Waals surface area contributed by atoms with Gasteiger partial charge in [-0.15, -0.1) is 0 Å². The highest BCUT2D eigenvalue weighted by molar-refractivity contribution is 6.30. The summed E-state index contributed by atoms with van der Waals surface area (Å²) < 4.78 is 5.65. The fourth-order valence-electron chi connectivity index (χ4n) is 3.09. The lowest BCUT2D eigenvalue weighted by molar-refractivity contribution is -0.128. The number of hydrogen-bond donors (Lipinski definition) is 1. The predicted octanol–water partition coefficient (Wildman–Crippen LogP) is 4.18. The minimum absolute atomic E-state index is 0.0131. The summed E-state index contributed by atoms with van der Waals surface area (Å²) in [6, 6.07) is 13.8. The zero-order chi connectivity index (χ0) is 20.1. The van der Waals surface area contributed by atoms with Crippen LogP contribution in [0.25, 0.3) is 0 Å². The van der Waals surface area contributed by atoms with Crippen molar-refractivity contribution in [1.82, 2.24) is 10.2 Å². The van der Waals surface area contributed by atoms with Gasteiger partial charge in [0.25, 0.3) is 11.8 Å². The fourth-order valence-corrected chi connectivity index (χ4v) is 3.34. The highest BCUT2D eigenvalue weighted by Crippen LogP contribution is 2.18. The second kappa shape index (κ2) is 9.30. The molecule has 28 heavy (non-hydrogen) atoms. The third-order valence-electron chi connectivity index (χ3n) is 4.72. The largest absolute Gasteiger partial charge is 0.481 e. The number of likely N-dealkylation sites (tertiary alicyclic amines) is 1. The monoisotopic (exact) mass is 420 g/mol. The van der Waals surface area contributed by atoms with E-state index in [1.54, 1.807) is 60.4 Å². The second-order valence-corrected chi connectivity index (χ2v) is 7.67. The van der Waals surface area contributed by atoms with E-state index >= 15 is 0 Å². The molecule has 1 fully saturated rings. The molecule has 1 aliphatic rings. The van der Waals surface area contributed by atoms with E-state index in [4.69, 9.17) is 27.9 Å². The van der Waals surface area contributed by atoms with Crippen molar-refractivity contribution in [3.63, 3.8) is 0 Å². The third-order valence-corrected chi connectivity index (χ3v) is 5.22. The van der Waals surface area contributed by atoms with Crippen LogP contribution in [0.3, 0.4) is 0 Å². The van der Waals surface area contributed by atoms with E-state index in [0.717, 1.165) is 0 Å². The molecule has 0 radical (unpaired) electrons. The average molecular weight is 421 g/mol. The number of halogens is 2. The second-order valence-electron chi connectivity index (χ2n) is 6.80. The smallest absolute Gasteiger partial charge is 0.260 e. The van der Waals surface area contributed by atoms with Crippen LogP contribution in [0.15, 0.2) is 48.5 Å². The molecule has 148 valence electrons. The Kier molecular flexibility index (Phi) is 6.81. The minimum Gasteiger partial charge on any atom is -0.481 e. The number of hydrogen-bond acceptors (Lipinski definition) is 3. The molecule has 2 amide bonds. The molecule has 0 saturated carbocycles. The zero-order valence-corrected chi connectivity index (χ0v) is 17.0. The maximum atomic E-state index is 12.5. The van der Waals surface area contributed by atoms with Crippen molar-refractivity contribution in [3.05, 3.63) is 64.1 Å². The van der Waals surface area contributed by atoms with Crippen LogP contribution in [-0.4, -0.2) is 41.9 Å². The molecule has 1 saturated heterocycles. The van der Waals surface area contributed by atoms with Crippen molar-refractivity contribution in [1.29, 1.82) is 0 Å². The van der Waals surface area contributed by atoms with Gasteiger partial charge in [-0.05, 0) is 68.3 Å². The number of nitrogens with zero attached hydrogens (tertiary/aromatic N) is 1. The molecule has 3 rings (SSSR count). The number of carbonyl (C=O) groups is 2. The first-order valence-corrected chi connectivity index (χ1v) is 9.95. The Hall–Kier alpha value is -2.24. The molecule has 1 N–H and O–H groups in total. The molecule has 0 aliphatic carbocycles. The van der Waals surface area contributed by atoms with Crippen molar-refractivity contribution in [3.8, 4) is 5.75 Å². The first-order valence-electron chi connectivity index (χ1n) is 9.20. The van der Waals surface area contributed by atoms with Gasteiger partial charge in [0.1, 0.15) is 5.75 Å². The van der Waals surface area contributed by atoms with Crippen molar-refractivity contribution < 1.29 is 14.3 Å². The summed E-state index contributed by atoms with van der Waals surface area (Å²) in [5, 5.41) is 4.23. The van der Waals surface area contributed by atoms with Gasteiger partial charge in [-0.2, -0.15) is 0 Å². The van der Waals surface area contributed by atoms with Crippen LogP contribution in [0.1, 0.15) is 30.1 Å². The summed E-state index contributed by atoms with van der Waals surface area (Å²) in [6.45, 7) is 2.90. The maximum absolute atomic E-state index is 12.5. The van der Waals surface area contributed by atoms with E-state index in [1.165, 1.54) is 0 Å². The van der Waals surface area contributed by atoms with Crippen molar-refractivity contribution in [2.24, 2.45) is 0 Å². The van der Waals surface area contributed by atoms with Crippen LogP contribution in [-0.2, 0) is 4.79 Å². The number of piperidine rings is 1. The quantitative estimate of drug-likeness (QED) is 0.788. The van der Waals surface area contributed by atoms with Crippen LogP contribution < -0.4 is 10.1 Å². The summed E-state index contributed by atoms with van der Waals surface area (Å²) in [4.78, 5) is 26.7. The SMILES string of the molecule is CC(Oc1ccc(Cl)cc1)C(=O)NC1CCN(C(=O)c2ccc(Cl)cc2)CC1. The first kappa shape index (κ1) is 20.5. The molecule has 1 heterocycles. The van der Waals surface area contributed by atoms with E-state index in [-0.39, 0.29) is 17.9 Å². The summed E-state index contributed by atoms with van der Waals surface area (Å²) in [5.41, 5.74) is 0.622. The molecule has 2 aromatic carbocycles. The van der Waals surface area contributed by atoms with Crippen LogP contribution in [0, 0.1) is 0 Å². The number of rotatable bonds is 5. The third kappa shape index (κ3) is 5.40. The van der Waals surface area contributed by atoms with Gasteiger partial charge in [-0.25, -0.2) is 0 Å². The first-order chi connectivity index (χ1) is 13.4. The molecule has 1 atom stereocenters. The number of amides is 2. The van der Waals surface area contributed by atoms with Crippen LogP contribution in [0.4, 0.5) is 0 Å². The molecule has 2 aromatic rings. The van der Waals surface area contributed by atoms with Crippen LogP contribution in [0.2, 0.25) is 10.0 Å². The van der Waals surface area contributed by atoms with Crippen molar-refractivity contribution >= 4 is 35.0 Å². The number of ether oxygens (including phenoxy) is 1. The molecule has 7 heteroatoms. The minimum atomic E-state index is -0.616. The van der Waals surface area contributed by atoms with E-state index in [2.05, 4.69) is 5.32 Å². The highest BCUT2D eigenvalue weighted by Gasteiger charge is 2.26. The van der Waals surface area contributed by atoms with Crippen LogP contribution in [0.5, 0.6) is 5.75 Å². The standard InChI is InChI=1S/C21H22Cl2N2O3/c1-14(28-19-8-6-17(23)7-9-19)20(26)24-18-10-12-25(13-11-18)21(27)15-2-4-16(22)5-3-15/h2-9,14,18H,10-13H2,1H3,(H,24,26).